The maximum absolute atomic E-state index is 16.0. The van der Waals surface area contributed by atoms with E-state index in [4.69, 9.17) is 0 Å². The number of halogens is 2. The zero-order chi connectivity index (χ0) is 27.4. The minimum absolute atomic E-state index is 0.109. The van der Waals surface area contributed by atoms with Gasteiger partial charge in [-0.15, -0.1) is 0 Å². The molecule has 0 radical (unpaired) electrons. The lowest BCUT2D eigenvalue weighted by atomic mass is 9.51. The quantitative estimate of drug-likeness (QED) is 0.430. The van der Waals surface area contributed by atoms with Crippen molar-refractivity contribution in [2.24, 2.45) is 23.2 Å². The smallest absolute Gasteiger partial charge is 0.156 e. The van der Waals surface area contributed by atoms with Gasteiger partial charge in [0, 0.05) is 48.0 Å². The Bertz CT molecular complexity index is 1240. The summed E-state index contributed by atoms with van der Waals surface area (Å²) in [7, 11) is 0. The van der Waals surface area contributed by atoms with E-state index in [2.05, 4.69) is 18.8 Å². The number of carbonyl (C=O) groups is 1. The summed E-state index contributed by atoms with van der Waals surface area (Å²) in [6.07, 6.45) is 6.34. The van der Waals surface area contributed by atoms with Crippen molar-refractivity contribution in [3.8, 4) is 11.8 Å². The Morgan fingerprint density at radius 1 is 1.11 bits per heavy atom. The normalized spacial score (nSPS) is 32.3. The van der Waals surface area contributed by atoms with Crippen molar-refractivity contribution in [1.29, 1.82) is 0 Å². The van der Waals surface area contributed by atoms with Crippen molar-refractivity contribution < 1.29 is 18.7 Å². The van der Waals surface area contributed by atoms with Gasteiger partial charge < -0.3 is 10.0 Å². The SMILES string of the molecule is CCN(CC)c1cc(F)c([C@H]2C[C@@]3(C)[C@@H](CC[C@@]3(O)C#CC(C)C)[C@@H]3CCC4=CC(=O)CCC4=C32)c(F)c1. The van der Waals surface area contributed by atoms with E-state index < -0.39 is 28.6 Å². The monoisotopic (exact) mass is 521 g/mol. The number of ketones is 1. The Balaban J connectivity index is 1.70. The Labute approximate surface area is 226 Å². The number of nitrogens with zero attached hydrogens (tertiary/aromatic N) is 1. The van der Waals surface area contributed by atoms with E-state index in [-0.39, 0.29) is 29.1 Å². The van der Waals surface area contributed by atoms with Crippen molar-refractivity contribution >= 4 is 11.5 Å². The molecular formula is C33H41F2NO2. The maximum atomic E-state index is 16.0. The standard InChI is InChI=1S/C33H41F2NO2/c1-6-36(7-2)22-17-28(34)31(29(35)18-22)26-19-32(5)27(13-15-33(32,38)14-12-20(3)4)25-10-8-21-16-23(37)9-11-24(21)30(25)26/h16-18,20,25-27,38H,6-11,13,15,19H2,1-5H3/t25-,26-,27-,32-,33-/m0/s1. The molecule has 0 heterocycles. The number of hydrogen-bond donors (Lipinski definition) is 1. The Morgan fingerprint density at radius 3 is 2.42 bits per heavy atom. The zero-order valence-electron chi connectivity index (χ0n) is 23.5. The van der Waals surface area contributed by atoms with Crippen LogP contribution < -0.4 is 4.90 Å². The van der Waals surface area contributed by atoms with E-state index in [1.807, 2.05) is 32.6 Å². The van der Waals surface area contributed by atoms with Gasteiger partial charge >= 0.3 is 0 Å². The average molecular weight is 522 g/mol. The topological polar surface area (TPSA) is 40.5 Å². The number of allylic oxidation sites excluding steroid dienone is 4. The second-order valence-electron chi connectivity index (χ2n) is 12.3. The van der Waals surface area contributed by atoms with Crippen LogP contribution in [0.5, 0.6) is 0 Å². The number of rotatable bonds is 4. The highest BCUT2D eigenvalue weighted by Crippen LogP contribution is 2.67. The molecule has 3 nitrogen and oxygen atoms in total. The van der Waals surface area contributed by atoms with Crippen LogP contribution in [0.4, 0.5) is 14.5 Å². The van der Waals surface area contributed by atoms with Crippen LogP contribution >= 0.6 is 0 Å². The van der Waals surface area contributed by atoms with E-state index in [9.17, 15) is 9.90 Å². The van der Waals surface area contributed by atoms with Gasteiger partial charge in [0.2, 0.25) is 0 Å². The molecule has 5 atom stereocenters. The van der Waals surface area contributed by atoms with Crippen LogP contribution in [-0.2, 0) is 4.79 Å². The number of hydrogen-bond acceptors (Lipinski definition) is 3. The summed E-state index contributed by atoms with van der Waals surface area (Å²) in [5.41, 5.74) is 2.19. The summed E-state index contributed by atoms with van der Waals surface area (Å²) in [5, 5.41) is 12.0. The summed E-state index contributed by atoms with van der Waals surface area (Å²) < 4.78 is 32.1. The van der Waals surface area contributed by atoms with Gasteiger partial charge in [0.1, 0.15) is 17.2 Å². The highest BCUT2D eigenvalue weighted by atomic mass is 19.1. The van der Waals surface area contributed by atoms with Crippen LogP contribution in [0.25, 0.3) is 0 Å². The first-order chi connectivity index (χ1) is 18.0. The molecule has 2 fully saturated rings. The van der Waals surface area contributed by atoms with Crippen molar-refractivity contribution in [3.05, 3.63) is 52.1 Å². The fraction of sp³-hybridized carbons (Fsp3) is 0.606. The van der Waals surface area contributed by atoms with Crippen LogP contribution in [-0.4, -0.2) is 29.6 Å². The third-order valence-electron chi connectivity index (χ3n) is 9.99. The van der Waals surface area contributed by atoms with Crippen molar-refractivity contribution in [2.75, 3.05) is 18.0 Å². The summed E-state index contributed by atoms with van der Waals surface area (Å²) in [5.74, 6) is 5.47. The molecule has 0 unspecified atom stereocenters. The molecule has 0 aromatic heterocycles. The van der Waals surface area contributed by atoms with Gasteiger partial charge in [-0.1, -0.05) is 38.2 Å². The minimum Gasteiger partial charge on any atom is -0.377 e. The Morgan fingerprint density at radius 2 is 1.79 bits per heavy atom. The van der Waals surface area contributed by atoms with E-state index in [1.165, 1.54) is 12.1 Å². The van der Waals surface area contributed by atoms with E-state index >= 15 is 8.78 Å². The van der Waals surface area contributed by atoms with Gasteiger partial charge in [0.15, 0.2) is 5.78 Å². The molecule has 2 saturated carbocycles. The van der Waals surface area contributed by atoms with Crippen LogP contribution in [0, 0.1) is 46.6 Å². The molecule has 4 aliphatic rings. The fourth-order valence-corrected chi connectivity index (χ4v) is 8.07. The first-order valence-electron chi connectivity index (χ1n) is 14.5. The molecule has 0 spiro atoms. The molecule has 0 saturated heterocycles. The van der Waals surface area contributed by atoms with E-state index in [1.54, 1.807) is 6.08 Å². The second kappa shape index (κ2) is 9.94. The van der Waals surface area contributed by atoms with Crippen LogP contribution in [0.15, 0.2) is 34.9 Å². The zero-order valence-corrected chi connectivity index (χ0v) is 23.5. The number of carbonyl (C=O) groups excluding carboxylic acids is 1. The fourth-order valence-electron chi connectivity index (χ4n) is 8.07. The third kappa shape index (κ3) is 4.24. The van der Waals surface area contributed by atoms with E-state index in [0.717, 1.165) is 36.0 Å². The summed E-state index contributed by atoms with van der Waals surface area (Å²) in [6.45, 7) is 11.4. The number of anilines is 1. The summed E-state index contributed by atoms with van der Waals surface area (Å²) in [6, 6.07) is 2.95. The molecule has 1 aromatic carbocycles. The van der Waals surface area contributed by atoms with Crippen molar-refractivity contribution in [1.82, 2.24) is 0 Å². The molecule has 5 heteroatoms. The number of aliphatic hydroxyl groups is 1. The molecule has 5 rings (SSSR count). The number of fused-ring (bicyclic) bond motifs is 4. The van der Waals surface area contributed by atoms with Gasteiger partial charge in [0.25, 0.3) is 0 Å². The van der Waals surface area contributed by atoms with Gasteiger partial charge in [-0.3, -0.25) is 4.79 Å². The molecule has 0 amide bonds. The Kier molecular flexibility index (Phi) is 7.10. The largest absolute Gasteiger partial charge is 0.377 e. The lowest BCUT2D eigenvalue weighted by Gasteiger charge is -2.53. The second-order valence-corrected chi connectivity index (χ2v) is 12.3. The molecule has 0 aliphatic heterocycles. The third-order valence-corrected chi connectivity index (χ3v) is 9.99. The molecule has 38 heavy (non-hydrogen) atoms. The molecule has 4 aliphatic carbocycles. The molecular weight excluding hydrogens is 480 g/mol. The number of benzene rings is 1. The van der Waals surface area contributed by atoms with Crippen molar-refractivity contribution in [2.45, 2.75) is 91.1 Å². The van der Waals surface area contributed by atoms with Crippen molar-refractivity contribution in [3.63, 3.8) is 0 Å². The first kappa shape index (κ1) is 27.1. The predicted octanol–water partition coefficient (Wildman–Crippen LogP) is 7.10. The van der Waals surface area contributed by atoms with Gasteiger partial charge in [-0.05, 0) is 93.6 Å². The molecule has 1 N–H and O–H groups in total. The molecule has 1 aromatic rings. The highest BCUT2D eigenvalue weighted by Gasteiger charge is 2.63. The molecule has 0 bridgehead atoms. The van der Waals surface area contributed by atoms with Crippen LogP contribution in [0.3, 0.4) is 0 Å². The lowest BCUT2D eigenvalue weighted by molar-refractivity contribution is -0.114. The summed E-state index contributed by atoms with van der Waals surface area (Å²) in [4.78, 5) is 14.2. The first-order valence-corrected chi connectivity index (χ1v) is 14.5. The summed E-state index contributed by atoms with van der Waals surface area (Å²) >= 11 is 0. The predicted molar refractivity (Wildman–Crippen MR) is 148 cm³/mol. The van der Waals surface area contributed by atoms with Gasteiger partial charge in [-0.2, -0.15) is 0 Å². The van der Waals surface area contributed by atoms with Crippen LogP contribution in [0.1, 0.15) is 91.0 Å². The van der Waals surface area contributed by atoms with Crippen LogP contribution in [0.2, 0.25) is 0 Å². The maximum Gasteiger partial charge on any atom is 0.156 e. The average Bonchev–Trinajstić information content (AvgIpc) is 3.13. The molecule has 204 valence electrons. The van der Waals surface area contributed by atoms with Gasteiger partial charge in [-0.25, -0.2) is 8.78 Å². The van der Waals surface area contributed by atoms with E-state index in [0.29, 0.717) is 44.5 Å². The van der Waals surface area contributed by atoms with Gasteiger partial charge in [0.05, 0.1) is 0 Å². The minimum atomic E-state index is -1.19. The highest BCUT2D eigenvalue weighted by molar-refractivity contribution is 5.93. The Hall–Kier alpha value is -2.45. The lowest BCUT2D eigenvalue weighted by Crippen LogP contribution is -2.51.